The van der Waals surface area contributed by atoms with E-state index in [9.17, 15) is 27.9 Å². The molecule has 0 spiro atoms. The molecule has 2 bridgehead atoms. The van der Waals surface area contributed by atoms with E-state index in [0.717, 1.165) is 12.5 Å². The first-order valence-electron chi connectivity index (χ1n) is 18.0. The van der Waals surface area contributed by atoms with Crippen LogP contribution in [0.15, 0.2) is 73.3 Å². The average Bonchev–Trinajstić information content (AvgIpc) is 3.65. The number of carboxylic acid groups (broad SMARTS) is 1. The molecule has 0 radical (unpaired) electrons. The molecule has 2 saturated carbocycles. The van der Waals surface area contributed by atoms with E-state index in [1.165, 1.54) is 35.2 Å². The molecule has 2 N–H and O–H groups in total. The third kappa shape index (κ3) is 6.49. The first-order valence-corrected chi connectivity index (χ1v) is 18.0. The maximum atomic E-state index is 15.2. The Kier molecular flexibility index (Phi) is 8.97. The van der Waals surface area contributed by atoms with Crippen LogP contribution < -0.4 is 15.0 Å². The summed E-state index contributed by atoms with van der Waals surface area (Å²) in [5.74, 6) is -2.09. The maximum absolute atomic E-state index is 15.2. The number of piperidine rings is 1. The standard InChI is InChI=1S/C39H37F4N7O4/c1-22-16-23-18-24(17-22)38(20-23,36(52)53)48-35(51)28-7-8-31(47-33(28)39(41,42)43)29-21-50(34-30(40)4-2-11-44-34)32-19-26(5-6-27(29)32)54-25-9-14-49(15-10-25)37-45-12-3-13-46-37/h2-8,11-13,19,21-25H,9-10,14-18,20H2,1H3,(H,48,51)(H,52,53). The number of pyridine rings is 2. The number of fused-ring (bicyclic) bond motifs is 3. The number of anilines is 1. The molecule has 1 aromatic carbocycles. The molecule has 15 heteroatoms. The zero-order valence-corrected chi connectivity index (χ0v) is 29.3. The monoisotopic (exact) mass is 743 g/mol. The molecule has 3 fully saturated rings. The van der Waals surface area contributed by atoms with Crippen LogP contribution in [-0.2, 0) is 11.0 Å². The van der Waals surface area contributed by atoms with Gasteiger partial charge in [-0.3, -0.25) is 9.36 Å². The third-order valence-electron chi connectivity index (χ3n) is 11.1. The number of rotatable bonds is 8. The molecule has 11 nitrogen and oxygen atoms in total. The predicted octanol–water partition coefficient (Wildman–Crippen LogP) is 7.09. The van der Waals surface area contributed by atoms with Gasteiger partial charge in [0, 0.05) is 67.7 Å². The van der Waals surface area contributed by atoms with Crippen molar-refractivity contribution in [1.29, 1.82) is 0 Å². The number of nitrogens with one attached hydrogen (secondary N) is 1. The second-order valence-corrected chi connectivity index (χ2v) is 14.7. The van der Waals surface area contributed by atoms with E-state index in [0.29, 0.717) is 61.4 Å². The summed E-state index contributed by atoms with van der Waals surface area (Å²) >= 11 is 0. The van der Waals surface area contributed by atoms with Crippen molar-refractivity contribution >= 4 is 28.7 Å². The summed E-state index contributed by atoms with van der Waals surface area (Å²) in [6.45, 7) is 3.37. The molecule has 8 rings (SSSR count). The van der Waals surface area contributed by atoms with Crippen molar-refractivity contribution in [2.24, 2.45) is 17.8 Å². The van der Waals surface area contributed by atoms with Crippen LogP contribution in [0.2, 0.25) is 0 Å². The highest BCUT2D eigenvalue weighted by Crippen LogP contribution is 2.51. The minimum Gasteiger partial charge on any atom is -0.490 e. The molecule has 5 aromatic rings. The molecular weight excluding hydrogens is 706 g/mol. The van der Waals surface area contributed by atoms with E-state index in [1.807, 2.05) is 6.92 Å². The lowest BCUT2D eigenvalue weighted by Gasteiger charge is -2.33. The van der Waals surface area contributed by atoms with Crippen molar-refractivity contribution in [3.05, 3.63) is 90.4 Å². The minimum atomic E-state index is -5.06. The fourth-order valence-corrected chi connectivity index (χ4v) is 8.72. The summed E-state index contributed by atoms with van der Waals surface area (Å²) in [7, 11) is 0. The second-order valence-electron chi connectivity index (χ2n) is 14.7. The highest BCUT2D eigenvalue weighted by molar-refractivity contribution is 6.01. The van der Waals surface area contributed by atoms with Gasteiger partial charge in [-0.25, -0.2) is 29.1 Å². The number of aliphatic carboxylic acids is 1. The quantitative estimate of drug-likeness (QED) is 0.160. The summed E-state index contributed by atoms with van der Waals surface area (Å²) in [6, 6.07) is 11.8. The van der Waals surface area contributed by atoms with Gasteiger partial charge in [0.2, 0.25) is 5.95 Å². The van der Waals surface area contributed by atoms with Gasteiger partial charge in [-0.1, -0.05) is 6.92 Å². The van der Waals surface area contributed by atoms with Crippen LogP contribution in [0, 0.1) is 23.6 Å². The first-order chi connectivity index (χ1) is 25.9. The van der Waals surface area contributed by atoms with Gasteiger partial charge in [0.25, 0.3) is 5.91 Å². The van der Waals surface area contributed by atoms with Gasteiger partial charge >= 0.3 is 12.1 Å². The lowest BCUT2D eigenvalue weighted by atomic mass is 9.78. The molecule has 5 heterocycles. The molecule has 1 aliphatic heterocycles. The number of carboxylic acids is 1. The Morgan fingerprint density at radius 2 is 1.74 bits per heavy atom. The summed E-state index contributed by atoms with van der Waals surface area (Å²) in [4.78, 5) is 45.2. The van der Waals surface area contributed by atoms with E-state index >= 15 is 4.39 Å². The lowest BCUT2D eigenvalue weighted by Crippen LogP contribution is -2.57. The van der Waals surface area contributed by atoms with E-state index in [4.69, 9.17) is 4.74 Å². The smallest absolute Gasteiger partial charge is 0.434 e. The lowest BCUT2D eigenvalue weighted by molar-refractivity contribution is -0.146. The number of halogens is 4. The fourth-order valence-electron chi connectivity index (χ4n) is 8.72. The van der Waals surface area contributed by atoms with Crippen molar-refractivity contribution in [2.45, 2.75) is 63.3 Å². The van der Waals surface area contributed by atoms with Crippen LogP contribution in [0.3, 0.4) is 0 Å². The second kappa shape index (κ2) is 13.7. The zero-order chi connectivity index (χ0) is 37.8. The average molecular weight is 744 g/mol. The van der Waals surface area contributed by atoms with Crippen molar-refractivity contribution in [3.8, 4) is 22.8 Å². The Morgan fingerprint density at radius 3 is 2.46 bits per heavy atom. The Hall–Kier alpha value is -5.60. The number of nitrogens with zero attached hydrogens (tertiary/aromatic N) is 6. The van der Waals surface area contributed by atoms with Gasteiger partial charge in [-0.05, 0) is 85.9 Å². The maximum Gasteiger partial charge on any atom is 0.434 e. The Bertz CT molecular complexity index is 2220. The number of hydrogen-bond acceptors (Lipinski definition) is 8. The van der Waals surface area contributed by atoms with Gasteiger partial charge in [-0.15, -0.1) is 0 Å². The number of ether oxygens (including phenoxy) is 1. The van der Waals surface area contributed by atoms with E-state index < -0.39 is 46.6 Å². The van der Waals surface area contributed by atoms with E-state index in [2.05, 4.69) is 30.2 Å². The molecule has 54 heavy (non-hydrogen) atoms. The highest BCUT2D eigenvalue weighted by Gasteiger charge is 2.56. The summed E-state index contributed by atoms with van der Waals surface area (Å²) in [5, 5.41) is 13.3. The SMILES string of the molecule is CC1CC2CC(C1)C(NC(=O)c1ccc(-c3cn(-c4ncccc4F)c4cc(OC5CCN(c6ncccn6)CC5)ccc34)nc1C(F)(F)F)(C(=O)O)C2. The van der Waals surface area contributed by atoms with Crippen molar-refractivity contribution in [1.82, 2.24) is 29.8 Å². The van der Waals surface area contributed by atoms with Gasteiger partial charge in [-0.2, -0.15) is 13.2 Å². The zero-order valence-electron chi connectivity index (χ0n) is 29.3. The normalized spacial score (nSPS) is 23.1. The Balaban J connectivity index is 1.13. The van der Waals surface area contributed by atoms with Gasteiger partial charge in [0.15, 0.2) is 17.3 Å². The van der Waals surface area contributed by atoms with Crippen molar-refractivity contribution in [2.75, 3.05) is 18.0 Å². The van der Waals surface area contributed by atoms with Crippen LogP contribution in [0.4, 0.5) is 23.5 Å². The number of amides is 1. The van der Waals surface area contributed by atoms with Crippen LogP contribution in [0.5, 0.6) is 5.75 Å². The molecule has 4 unspecified atom stereocenters. The number of carbonyl (C=O) groups is 2. The summed E-state index contributed by atoms with van der Waals surface area (Å²) in [5.41, 5.74) is -3.37. The number of aromatic nitrogens is 5. The minimum absolute atomic E-state index is 0.0627. The number of benzene rings is 1. The third-order valence-corrected chi connectivity index (χ3v) is 11.1. The topological polar surface area (TPSA) is 135 Å². The molecular formula is C39H37F4N7O4. The molecule has 280 valence electrons. The van der Waals surface area contributed by atoms with Gasteiger partial charge < -0.3 is 20.1 Å². The number of carbonyl (C=O) groups excluding carboxylic acids is 1. The first kappa shape index (κ1) is 35.4. The molecule has 3 aliphatic rings. The molecule has 1 amide bonds. The predicted molar refractivity (Wildman–Crippen MR) is 190 cm³/mol. The van der Waals surface area contributed by atoms with E-state index in [-0.39, 0.29) is 41.4 Å². The van der Waals surface area contributed by atoms with Crippen LogP contribution in [0.25, 0.3) is 28.0 Å². The van der Waals surface area contributed by atoms with Crippen molar-refractivity contribution < 1.29 is 37.0 Å². The summed E-state index contributed by atoms with van der Waals surface area (Å²) < 4.78 is 67.2. The number of alkyl halides is 3. The molecule has 4 aromatic heterocycles. The van der Waals surface area contributed by atoms with Crippen LogP contribution >= 0.6 is 0 Å². The number of hydrogen-bond donors (Lipinski definition) is 2. The highest BCUT2D eigenvalue weighted by atomic mass is 19.4. The Morgan fingerprint density at radius 1 is 0.981 bits per heavy atom. The van der Waals surface area contributed by atoms with Crippen LogP contribution in [-0.4, -0.2) is 66.2 Å². The molecule has 2 aliphatic carbocycles. The summed E-state index contributed by atoms with van der Waals surface area (Å²) in [6.07, 6.45) is 4.54. The van der Waals surface area contributed by atoms with E-state index in [1.54, 1.807) is 36.7 Å². The van der Waals surface area contributed by atoms with Crippen LogP contribution in [0.1, 0.15) is 61.5 Å². The van der Waals surface area contributed by atoms with Gasteiger partial charge in [0.05, 0.1) is 16.8 Å². The van der Waals surface area contributed by atoms with Crippen molar-refractivity contribution in [3.63, 3.8) is 0 Å². The molecule has 1 saturated heterocycles. The Labute approximate surface area is 307 Å². The largest absolute Gasteiger partial charge is 0.490 e. The molecule has 4 atom stereocenters. The fraction of sp³-hybridized carbons (Fsp3) is 0.385. The van der Waals surface area contributed by atoms with Gasteiger partial charge in [0.1, 0.15) is 17.4 Å².